The average Bonchev–Trinajstić information content (AvgIpc) is 2.53. The summed E-state index contributed by atoms with van der Waals surface area (Å²) in [7, 11) is 0. The maximum atomic E-state index is 12.6. The van der Waals surface area contributed by atoms with Crippen LogP contribution in [0.25, 0.3) is 10.9 Å². The van der Waals surface area contributed by atoms with Gasteiger partial charge in [-0.15, -0.1) is 0 Å². The molecule has 4 nitrogen and oxygen atoms in total. The van der Waals surface area contributed by atoms with Gasteiger partial charge in [-0.1, -0.05) is 36.5 Å². The predicted molar refractivity (Wildman–Crippen MR) is 87.2 cm³/mol. The van der Waals surface area contributed by atoms with E-state index in [4.69, 9.17) is 18.0 Å². The van der Waals surface area contributed by atoms with Gasteiger partial charge in [-0.25, -0.2) is 4.98 Å². The number of aromatic nitrogens is 1. The molecule has 2 heterocycles. The second-order valence-electron chi connectivity index (χ2n) is 5.38. The lowest BCUT2D eigenvalue weighted by atomic mass is 9.98. The standard InChI is InChI=1S/C16H17N3OS/c17-15(21)12-5-3-9-19(10-12)16(20)14-8-7-11-4-1-2-6-13(11)18-14/h1-2,4,6-8,12H,3,5,9-10H2,(H2,17,21). The molecule has 1 amide bonds. The number of amides is 1. The molecule has 0 radical (unpaired) electrons. The van der Waals surface area contributed by atoms with E-state index in [1.807, 2.05) is 35.2 Å². The Morgan fingerprint density at radius 3 is 2.90 bits per heavy atom. The van der Waals surface area contributed by atoms with Crippen molar-refractivity contribution in [3.8, 4) is 0 Å². The number of hydrogen-bond acceptors (Lipinski definition) is 3. The molecule has 1 aromatic carbocycles. The van der Waals surface area contributed by atoms with Crippen molar-refractivity contribution in [2.75, 3.05) is 13.1 Å². The zero-order valence-electron chi connectivity index (χ0n) is 11.7. The summed E-state index contributed by atoms with van der Waals surface area (Å²) < 4.78 is 0. The summed E-state index contributed by atoms with van der Waals surface area (Å²) in [6, 6.07) is 11.5. The molecule has 108 valence electrons. The van der Waals surface area contributed by atoms with Gasteiger partial charge in [0.15, 0.2) is 0 Å². The fraction of sp³-hybridized carbons (Fsp3) is 0.312. The fourth-order valence-electron chi connectivity index (χ4n) is 2.74. The summed E-state index contributed by atoms with van der Waals surface area (Å²) >= 11 is 5.06. The summed E-state index contributed by atoms with van der Waals surface area (Å²) in [4.78, 5) is 19.4. The highest BCUT2D eigenvalue weighted by Crippen LogP contribution is 2.19. The van der Waals surface area contributed by atoms with E-state index in [0.717, 1.165) is 30.3 Å². The molecular weight excluding hydrogens is 282 g/mol. The number of fused-ring (bicyclic) bond motifs is 1. The maximum Gasteiger partial charge on any atom is 0.272 e. The average molecular weight is 299 g/mol. The second kappa shape index (κ2) is 5.77. The van der Waals surface area contributed by atoms with Crippen molar-refractivity contribution in [3.63, 3.8) is 0 Å². The number of rotatable bonds is 2. The highest BCUT2D eigenvalue weighted by molar-refractivity contribution is 7.80. The summed E-state index contributed by atoms with van der Waals surface area (Å²) in [5.74, 6) is 0.0832. The van der Waals surface area contributed by atoms with Gasteiger partial charge in [0.2, 0.25) is 0 Å². The first-order chi connectivity index (χ1) is 10.1. The topological polar surface area (TPSA) is 59.2 Å². The van der Waals surface area contributed by atoms with Crippen LogP contribution in [-0.4, -0.2) is 33.9 Å². The highest BCUT2D eigenvalue weighted by atomic mass is 32.1. The van der Waals surface area contributed by atoms with Crippen molar-refractivity contribution in [1.29, 1.82) is 0 Å². The minimum Gasteiger partial charge on any atom is -0.393 e. The smallest absolute Gasteiger partial charge is 0.272 e. The van der Waals surface area contributed by atoms with Crippen LogP contribution >= 0.6 is 12.2 Å². The SMILES string of the molecule is NC(=S)C1CCCN(C(=O)c2ccc3ccccc3n2)C1. The Bertz CT molecular complexity index is 701. The first-order valence-electron chi connectivity index (χ1n) is 7.09. The molecule has 0 saturated carbocycles. The maximum absolute atomic E-state index is 12.6. The lowest BCUT2D eigenvalue weighted by Gasteiger charge is -2.32. The third-order valence-electron chi connectivity index (χ3n) is 3.93. The molecule has 0 bridgehead atoms. The molecule has 5 heteroatoms. The van der Waals surface area contributed by atoms with Crippen molar-refractivity contribution >= 4 is 34.0 Å². The Balaban J connectivity index is 1.84. The van der Waals surface area contributed by atoms with E-state index in [1.165, 1.54) is 0 Å². The summed E-state index contributed by atoms with van der Waals surface area (Å²) in [5, 5.41) is 1.04. The second-order valence-corrected chi connectivity index (χ2v) is 5.85. The number of nitrogens with zero attached hydrogens (tertiary/aromatic N) is 2. The Hall–Kier alpha value is -2.01. The molecule has 21 heavy (non-hydrogen) atoms. The van der Waals surface area contributed by atoms with E-state index in [1.54, 1.807) is 6.07 Å². The van der Waals surface area contributed by atoms with Crippen LogP contribution in [0.3, 0.4) is 0 Å². The molecule has 2 N–H and O–H groups in total. The normalized spacial score (nSPS) is 18.7. The van der Waals surface area contributed by atoms with Crippen LogP contribution in [0.2, 0.25) is 0 Å². The molecule has 0 spiro atoms. The fourth-order valence-corrected chi connectivity index (χ4v) is 2.93. The van der Waals surface area contributed by atoms with Gasteiger partial charge in [0.1, 0.15) is 5.69 Å². The van der Waals surface area contributed by atoms with Crippen LogP contribution in [0.15, 0.2) is 36.4 Å². The van der Waals surface area contributed by atoms with E-state index >= 15 is 0 Å². The summed E-state index contributed by atoms with van der Waals surface area (Å²) in [6.45, 7) is 1.34. The molecule has 2 aromatic rings. The molecule has 1 unspecified atom stereocenters. The van der Waals surface area contributed by atoms with Gasteiger partial charge in [-0.3, -0.25) is 4.79 Å². The number of thiocarbonyl (C=S) groups is 1. The minimum atomic E-state index is -0.0401. The third-order valence-corrected chi connectivity index (χ3v) is 4.26. The molecule has 1 aromatic heterocycles. The quantitative estimate of drug-likeness (QED) is 0.865. The zero-order valence-corrected chi connectivity index (χ0v) is 12.5. The number of piperidine rings is 1. The molecule has 3 rings (SSSR count). The van der Waals surface area contributed by atoms with E-state index in [2.05, 4.69) is 4.98 Å². The van der Waals surface area contributed by atoms with Crippen molar-refractivity contribution in [1.82, 2.24) is 9.88 Å². The monoisotopic (exact) mass is 299 g/mol. The molecule has 1 aliphatic heterocycles. The number of hydrogen-bond donors (Lipinski definition) is 1. The van der Waals surface area contributed by atoms with Gasteiger partial charge < -0.3 is 10.6 Å². The van der Waals surface area contributed by atoms with Crippen molar-refractivity contribution in [3.05, 3.63) is 42.1 Å². The first-order valence-corrected chi connectivity index (χ1v) is 7.50. The van der Waals surface area contributed by atoms with Crippen LogP contribution in [0.5, 0.6) is 0 Å². The number of carbonyl (C=O) groups excluding carboxylic acids is 1. The molecule has 1 saturated heterocycles. The first kappa shape index (κ1) is 13.9. The van der Waals surface area contributed by atoms with Crippen molar-refractivity contribution in [2.24, 2.45) is 11.7 Å². The van der Waals surface area contributed by atoms with Crippen LogP contribution in [0.4, 0.5) is 0 Å². The lowest BCUT2D eigenvalue weighted by Crippen LogP contribution is -2.43. The molecule has 1 atom stereocenters. The molecule has 0 aliphatic carbocycles. The van der Waals surface area contributed by atoms with E-state index in [-0.39, 0.29) is 11.8 Å². The van der Waals surface area contributed by atoms with Crippen LogP contribution in [0.1, 0.15) is 23.3 Å². The van der Waals surface area contributed by atoms with Crippen LogP contribution in [0, 0.1) is 5.92 Å². The predicted octanol–water partition coefficient (Wildman–Crippen LogP) is 2.37. The number of benzene rings is 1. The van der Waals surface area contributed by atoms with Gasteiger partial charge in [-0.05, 0) is 25.0 Å². The Kier molecular flexibility index (Phi) is 3.84. The Labute approximate surface area is 129 Å². The number of nitrogens with two attached hydrogens (primary N) is 1. The van der Waals surface area contributed by atoms with Crippen LogP contribution in [-0.2, 0) is 0 Å². The third kappa shape index (κ3) is 2.88. The molecule has 1 aliphatic rings. The van der Waals surface area contributed by atoms with Gasteiger partial charge in [0, 0.05) is 24.4 Å². The van der Waals surface area contributed by atoms with E-state index in [9.17, 15) is 4.79 Å². The minimum absolute atomic E-state index is 0.0401. The van der Waals surface area contributed by atoms with Gasteiger partial charge in [-0.2, -0.15) is 0 Å². The zero-order chi connectivity index (χ0) is 14.8. The number of likely N-dealkylation sites (tertiary alicyclic amines) is 1. The van der Waals surface area contributed by atoms with Crippen molar-refractivity contribution < 1.29 is 4.79 Å². The molecule has 1 fully saturated rings. The highest BCUT2D eigenvalue weighted by Gasteiger charge is 2.26. The Morgan fingerprint density at radius 1 is 1.29 bits per heavy atom. The van der Waals surface area contributed by atoms with Crippen molar-refractivity contribution in [2.45, 2.75) is 12.8 Å². The number of pyridine rings is 1. The largest absolute Gasteiger partial charge is 0.393 e. The van der Waals surface area contributed by atoms with Crippen LogP contribution < -0.4 is 5.73 Å². The van der Waals surface area contributed by atoms with Gasteiger partial charge in [0.25, 0.3) is 5.91 Å². The lowest BCUT2D eigenvalue weighted by molar-refractivity contribution is 0.0698. The Morgan fingerprint density at radius 2 is 2.10 bits per heavy atom. The number of para-hydroxylation sites is 1. The number of carbonyl (C=O) groups is 1. The van der Waals surface area contributed by atoms with Gasteiger partial charge >= 0.3 is 0 Å². The van der Waals surface area contributed by atoms with Gasteiger partial charge in [0.05, 0.1) is 10.5 Å². The molecular formula is C16H17N3OS. The summed E-state index contributed by atoms with van der Waals surface area (Å²) in [6.07, 6.45) is 1.89. The summed E-state index contributed by atoms with van der Waals surface area (Å²) in [5.41, 5.74) is 7.04. The van der Waals surface area contributed by atoms with E-state index < -0.39 is 0 Å². The van der Waals surface area contributed by atoms with E-state index in [0.29, 0.717) is 17.2 Å².